The summed E-state index contributed by atoms with van der Waals surface area (Å²) in [6.45, 7) is 2.31. The molecule has 0 saturated carbocycles. The Morgan fingerprint density at radius 2 is 0.657 bits per heavy atom. The van der Waals surface area contributed by atoms with Gasteiger partial charge in [0.25, 0.3) is 0 Å². The lowest BCUT2D eigenvalue weighted by Gasteiger charge is -2.27. The van der Waals surface area contributed by atoms with Crippen LogP contribution in [0.2, 0.25) is 0 Å². The van der Waals surface area contributed by atoms with Crippen molar-refractivity contribution in [2.75, 3.05) is 9.80 Å². The molecular weight excluding hydrogens is 847 g/mol. The fraction of sp³-hybridized carbons (Fsp3) is 0.0448. The largest absolute Gasteiger partial charge is 0.311 e. The van der Waals surface area contributed by atoms with Gasteiger partial charge in [0.05, 0.1) is 5.52 Å². The van der Waals surface area contributed by atoms with E-state index in [1.807, 2.05) is 0 Å². The minimum absolute atomic E-state index is 0.491. The van der Waals surface area contributed by atoms with Crippen molar-refractivity contribution in [3.63, 3.8) is 0 Å². The molecule has 1 aliphatic carbocycles. The molecule has 10 aromatic carbocycles. The number of hydrogen-bond acceptors (Lipinski definition) is 2. The van der Waals surface area contributed by atoms with Crippen molar-refractivity contribution in [2.24, 2.45) is 5.92 Å². The molecule has 70 heavy (non-hydrogen) atoms. The second-order valence-electron chi connectivity index (χ2n) is 18.3. The average molecular weight is 898 g/mol. The predicted octanol–water partition coefficient (Wildman–Crippen LogP) is 18.4. The van der Waals surface area contributed by atoms with Gasteiger partial charge >= 0.3 is 0 Å². The van der Waals surface area contributed by atoms with Crippen LogP contribution < -0.4 is 9.80 Å². The molecule has 0 spiro atoms. The van der Waals surface area contributed by atoms with E-state index in [2.05, 4.69) is 294 Å². The third kappa shape index (κ3) is 8.29. The van der Waals surface area contributed by atoms with Crippen LogP contribution in [-0.4, -0.2) is 4.57 Å². The summed E-state index contributed by atoms with van der Waals surface area (Å²) in [6.07, 6.45) is 5.70. The zero-order valence-electron chi connectivity index (χ0n) is 39.1. The van der Waals surface area contributed by atoms with Gasteiger partial charge in [0.1, 0.15) is 0 Å². The van der Waals surface area contributed by atoms with Crippen molar-refractivity contribution in [3.8, 4) is 50.2 Å². The summed E-state index contributed by atoms with van der Waals surface area (Å²) < 4.78 is 2.45. The fourth-order valence-corrected chi connectivity index (χ4v) is 10.2. The van der Waals surface area contributed by atoms with Crippen LogP contribution in [0.1, 0.15) is 18.2 Å². The lowest BCUT2D eigenvalue weighted by molar-refractivity contribution is 0.718. The fourth-order valence-electron chi connectivity index (χ4n) is 10.2. The lowest BCUT2D eigenvalue weighted by atomic mass is 9.93. The van der Waals surface area contributed by atoms with E-state index in [4.69, 9.17) is 0 Å². The summed E-state index contributed by atoms with van der Waals surface area (Å²) in [5, 5.41) is 1.31. The van der Waals surface area contributed by atoms with E-state index in [9.17, 15) is 0 Å². The van der Waals surface area contributed by atoms with Crippen molar-refractivity contribution in [3.05, 3.63) is 278 Å². The van der Waals surface area contributed by atoms with E-state index in [1.54, 1.807) is 0 Å². The summed E-state index contributed by atoms with van der Waals surface area (Å²) in [4.78, 5) is 4.74. The number of aromatic nitrogens is 1. The maximum Gasteiger partial charge on any atom is 0.0558 e. The molecule has 0 fully saturated rings. The van der Waals surface area contributed by atoms with Crippen LogP contribution in [-0.2, 0) is 6.42 Å². The van der Waals surface area contributed by atoms with E-state index < -0.39 is 0 Å². The Labute approximate surface area is 411 Å². The van der Waals surface area contributed by atoms with Crippen molar-refractivity contribution in [1.29, 1.82) is 0 Å². The molecule has 12 rings (SSSR count). The van der Waals surface area contributed by atoms with Crippen molar-refractivity contribution in [2.45, 2.75) is 13.3 Å². The van der Waals surface area contributed by atoms with Crippen LogP contribution in [0.4, 0.5) is 34.1 Å². The molecule has 334 valence electrons. The van der Waals surface area contributed by atoms with E-state index in [-0.39, 0.29) is 0 Å². The zero-order valence-corrected chi connectivity index (χ0v) is 39.1. The highest BCUT2D eigenvalue weighted by Crippen LogP contribution is 2.43. The molecule has 1 heterocycles. The summed E-state index contributed by atoms with van der Waals surface area (Å²) in [7, 11) is 0. The summed E-state index contributed by atoms with van der Waals surface area (Å²) in [5.41, 5.74) is 21.2. The molecule has 0 amide bonds. The number of allylic oxidation sites excluding steroid dienone is 1. The molecule has 0 N–H and O–H groups in total. The van der Waals surface area contributed by atoms with Crippen LogP contribution in [0.5, 0.6) is 0 Å². The van der Waals surface area contributed by atoms with Gasteiger partial charge in [0.15, 0.2) is 0 Å². The Morgan fingerprint density at radius 1 is 0.343 bits per heavy atom. The highest BCUT2D eigenvalue weighted by molar-refractivity contribution is 5.95. The Kier molecular flexibility index (Phi) is 11.3. The van der Waals surface area contributed by atoms with E-state index in [0.29, 0.717) is 5.92 Å². The quantitative estimate of drug-likeness (QED) is 0.128. The SMILES string of the molecule is CC1C=Cc2c(c3ccc(N(c4ccc(-c5ccccc5)cc4)c4ccc(-c5ccc(N(c6ccc(-c7ccccc7)cc6)c6ccc(-c7ccccc7)cc6)cc5)cc4)cc3n2-c2ccccc2)C1. The molecule has 1 unspecified atom stereocenters. The standard InChI is InChI=1S/C67H51N3/c1-48-22-45-66-65(46-48)64-44-43-63(47-67(64)70(66)57-20-12-5-13-21-57)69(61-39-27-54(28-40-61)51-18-10-4-11-19-51)62-41-31-56(32-42-62)55-29-37-60(38-30-55)68(58-33-23-52(24-34-58)49-14-6-2-7-15-49)59-35-25-53(26-36-59)50-16-8-3-9-17-50/h2-45,47-48H,46H2,1H3. The number of anilines is 6. The van der Waals surface area contributed by atoms with Crippen LogP contribution in [0.3, 0.4) is 0 Å². The maximum atomic E-state index is 2.45. The van der Waals surface area contributed by atoms with Gasteiger partial charge in [-0.2, -0.15) is 0 Å². The summed E-state index contributed by atoms with van der Waals surface area (Å²) in [6, 6.07) is 94.3. The second-order valence-corrected chi connectivity index (χ2v) is 18.3. The minimum Gasteiger partial charge on any atom is -0.311 e. The number of hydrogen-bond donors (Lipinski definition) is 0. The first-order valence-corrected chi connectivity index (χ1v) is 24.3. The molecule has 1 aliphatic rings. The van der Waals surface area contributed by atoms with Gasteiger partial charge in [-0.05, 0) is 153 Å². The lowest BCUT2D eigenvalue weighted by Crippen LogP contribution is -2.10. The molecular formula is C67H51N3. The Bertz CT molecular complexity index is 3480. The van der Waals surface area contributed by atoms with Gasteiger partial charge in [-0.25, -0.2) is 0 Å². The van der Waals surface area contributed by atoms with Gasteiger partial charge < -0.3 is 14.4 Å². The highest BCUT2D eigenvalue weighted by Gasteiger charge is 2.23. The van der Waals surface area contributed by atoms with E-state index in [0.717, 1.165) is 51.7 Å². The third-order valence-corrected chi connectivity index (χ3v) is 13.8. The second kappa shape index (κ2) is 18.6. The number of nitrogens with zero attached hydrogens (tertiary/aromatic N) is 3. The average Bonchev–Trinajstić information content (AvgIpc) is 3.75. The first-order valence-electron chi connectivity index (χ1n) is 24.3. The number of para-hydroxylation sites is 1. The molecule has 0 saturated heterocycles. The Hall–Kier alpha value is -8.92. The third-order valence-electron chi connectivity index (χ3n) is 13.8. The van der Waals surface area contributed by atoms with E-state index in [1.165, 1.54) is 61.2 Å². The number of benzene rings is 10. The topological polar surface area (TPSA) is 11.4 Å². The first kappa shape index (κ1) is 42.4. The predicted molar refractivity (Wildman–Crippen MR) is 296 cm³/mol. The van der Waals surface area contributed by atoms with E-state index >= 15 is 0 Å². The molecule has 0 aliphatic heterocycles. The first-order chi connectivity index (χ1) is 34.6. The van der Waals surface area contributed by atoms with Crippen LogP contribution in [0.25, 0.3) is 67.2 Å². The number of rotatable bonds is 11. The Balaban J connectivity index is 0.903. The highest BCUT2D eigenvalue weighted by atomic mass is 15.1. The minimum atomic E-state index is 0.491. The van der Waals surface area contributed by atoms with Crippen LogP contribution in [0, 0.1) is 5.92 Å². The zero-order chi connectivity index (χ0) is 46.8. The van der Waals surface area contributed by atoms with Gasteiger partial charge in [-0.15, -0.1) is 0 Å². The molecule has 11 aromatic rings. The van der Waals surface area contributed by atoms with Crippen molar-refractivity contribution in [1.82, 2.24) is 4.57 Å². The molecule has 1 atom stereocenters. The van der Waals surface area contributed by atoms with Crippen LogP contribution >= 0.6 is 0 Å². The number of fused-ring (bicyclic) bond motifs is 3. The summed E-state index contributed by atoms with van der Waals surface area (Å²) in [5.74, 6) is 0.491. The van der Waals surface area contributed by atoms with Crippen LogP contribution in [0.15, 0.2) is 267 Å². The van der Waals surface area contributed by atoms with Crippen molar-refractivity contribution < 1.29 is 0 Å². The van der Waals surface area contributed by atoms with Gasteiger partial charge in [0, 0.05) is 50.9 Å². The molecule has 0 radical (unpaired) electrons. The van der Waals surface area contributed by atoms with Gasteiger partial charge in [-0.1, -0.05) is 189 Å². The normalized spacial score (nSPS) is 13.0. The smallest absolute Gasteiger partial charge is 0.0558 e. The molecule has 3 heteroatoms. The Morgan fingerprint density at radius 3 is 1.03 bits per heavy atom. The van der Waals surface area contributed by atoms with Crippen molar-refractivity contribution >= 4 is 51.1 Å². The maximum absolute atomic E-state index is 2.45. The summed E-state index contributed by atoms with van der Waals surface area (Å²) >= 11 is 0. The van der Waals surface area contributed by atoms with Gasteiger partial charge in [-0.3, -0.25) is 0 Å². The molecule has 1 aromatic heterocycles. The molecule has 3 nitrogen and oxygen atoms in total. The molecule has 0 bridgehead atoms. The monoisotopic (exact) mass is 897 g/mol. The van der Waals surface area contributed by atoms with Gasteiger partial charge in [0.2, 0.25) is 0 Å².